The molecule has 0 unspecified atom stereocenters. The first kappa shape index (κ1) is 20.8. The van der Waals surface area contributed by atoms with E-state index in [1.165, 1.54) is 18.2 Å². The van der Waals surface area contributed by atoms with Crippen molar-refractivity contribution < 1.29 is 32.3 Å². The second-order valence-electron chi connectivity index (χ2n) is 6.30. The summed E-state index contributed by atoms with van der Waals surface area (Å²) in [5.74, 6) is -3.69. The summed E-state index contributed by atoms with van der Waals surface area (Å²) in [5, 5.41) is 11.8. The van der Waals surface area contributed by atoms with E-state index in [1.54, 1.807) is 24.3 Å². The zero-order valence-corrected chi connectivity index (χ0v) is 15.1. The highest BCUT2D eigenvalue weighted by Crippen LogP contribution is 2.32. The van der Waals surface area contributed by atoms with Crippen LogP contribution in [0, 0.1) is 5.82 Å². The van der Waals surface area contributed by atoms with Gasteiger partial charge in [0.05, 0.1) is 22.4 Å². The van der Waals surface area contributed by atoms with Crippen LogP contribution in [0.15, 0.2) is 60.7 Å². The molecule has 0 spiro atoms. The molecular weight excluding hydrogens is 404 g/mol. The number of carboxylic acid groups (broad SMARTS) is 1. The molecular formula is C21H14F4N2O3. The molecule has 1 amide bonds. The molecule has 0 aliphatic heterocycles. The normalized spacial score (nSPS) is 11.2. The molecule has 154 valence electrons. The van der Waals surface area contributed by atoms with Gasteiger partial charge in [0.1, 0.15) is 5.82 Å². The number of amides is 1. The van der Waals surface area contributed by atoms with Crippen molar-refractivity contribution in [3.63, 3.8) is 0 Å². The average molecular weight is 418 g/mol. The molecule has 0 bridgehead atoms. The molecule has 3 aromatic rings. The van der Waals surface area contributed by atoms with Gasteiger partial charge >= 0.3 is 12.1 Å². The number of carbonyl (C=O) groups excluding carboxylic acids is 1. The number of benzene rings is 3. The first-order valence-electron chi connectivity index (χ1n) is 8.48. The number of carboxylic acids is 1. The monoisotopic (exact) mass is 418 g/mol. The molecule has 0 aliphatic rings. The molecule has 30 heavy (non-hydrogen) atoms. The first-order valence-corrected chi connectivity index (χ1v) is 8.48. The van der Waals surface area contributed by atoms with E-state index in [4.69, 9.17) is 5.73 Å². The number of halogens is 4. The van der Waals surface area contributed by atoms with Gasteiger partial charge in [0, 0.05) is 5.69 Å². The number of nitrogens with one attached hydrogen (secondary N) is 1. The van der Waals surface area contributed by atoms with Crippen LogP contribution in [0.5, 0.6) is 0 Å². The minimum absolute atomic E-state index is 0.225. The van der Waals surface area contributed by atoms with Crippen molar-refractivity contribution in [2.75, 3.05) is 11.1 Å². The van der Waals surface area contributed by atoms with E-state index in [9.17, 15) is 32.3 Å². The highest BCUT2D eigenvalue weighted by Gasteiger charge is 2.31. The molecule has 5 nitrogen and oxygen atoms in total. The van der Waals surface area contributed by atoms with Gasteiger partial charge in [-0.3, -0.25) is 4.79 Å². The van der Waals surface area contributed by atoms with Gasteiger partial charge in [-0.25, -0.2) is 9.18 Å². The lowest BCUT2D eigenvalue weighted by Gasteiger charge is -2.13. The Kier molecular flexibility index (Phi) is 5.46. The maximum atomic E-state index is 14.1. The summed E-state index contributed by atoms with van der Waals surface area (Å²) in [6.45, 7) is 0. The fraction of sp³-hybridized carbons (Fsp3) is 0.0476. The number of hydrogen-bond donors (Lipinski definition) is 3. The van der Waals surface area contributed by atoms with Crippen molar-refractivity contribution in [2.24, 2.45) is 0 Å². The number of aromatic carboxylic acids is 1. The Hall–Kier alpha value is -3.88. The quantitative estimate of drug-likeness (QED) is 0.409. The van der Waals surface area contributed by atoms with Gasteiger partial charge in [-0.05, 0) is 47.5 Å². The predicted molar refractivity (Wildman–Crippen MR) is 103 cm³/mol. The summed E-state index contributed by atoms with van der Waals surface area (Å²) in [7, 11) is 0. The Morgan fingerprint density at radius 2 is 1.63 bits per heavy atom. The molecule has 0 saturated heterocycles. The third-order valence-corrected chi connectivity index (χ3v) is 4.29. The van der Waals surface area contributed by atoms with Crippen LogP contribution in [0.25, 0.3) is 11.1 Å². The number of carbonyl (C=O) groups is 2. The summed E-state index contributed by atoms with van der Waals surface area (Å²) >= 11 is 0. The van der Waals surface area contributed by atoms with Crippen LogP contribution < -0.4 is 11.1 Å². The van der Waals surface area contributed by atoms with E-state index in [2.05, 4.69) is 5.32 Å². The smallest absolute Gasteiger partial charge is 0.416 e. The number of anilines is 2. The molecule has 9 heteroatoms. The predicted octanol–water partition coefficient (Wildman–Crippen LogP) is 5.04. The number of alkyl halides is 3. The van der Waals surface area contributed by atoms with Gasteiger partial charge in [-0.15, -0.1) is 0 Å². The third-order valence-electron chi connectivity index (χ3n) is 4.29. The van der Waals surface area contributed by atoms with Gasteiger partial charge in [-0.2, -0.15) is 13.2 Å². The number of nitrogens with two attached hydrogens (primary N) is 1. The Balaban J connectivity index is 2.00. The molecule has 0 atom stereocenters. The second-order valence-corrected chi connectivity index (χ2v) is 6.30. The molecule has 0 saturated carbocycles. The summed E-state index contributed by atoms with van der Waals surface area (Å²) in [5.41, 5.74) is 4.45. The van der Waals surface area contributed by atoms with Gasteiger partial charge in [0.15, 0.2) is 0 Å². The zero-order valence-electron chi connectivity index (χ0n) is 15.1. The fourth-order valence-corrected chi connectivity index (χ4v) is 2.86. The van der Waals surface area contributed by atoms with Crippen LogP contribution >= 0.6 is 0 Å². The molecule has 0 aromatic heterocycles. The van der Waals surface area contributed by atoms with Crippen molar-refractivity contribution in [3.05, 3.63) is 83.2 Å². The summed E-state index contributed by atoms with van der Waals surface area (Å²) in [6, 6.07) is 12.1. The highest BCUT2D eigenvalue weighted by atomic mass is 19.4. The number of nitrogen functional groups attached to an aromatic ring is 1. The lowest BCUT2D eigenvalue weighted by Crippen LogP contribution is -2.18. The molecule has 3 rings (SSSR count). The maximum absolute atomic E-state index is 14.1. The standard InChI is InChI=1S/C21H14F4N2O3/c22-16-10-12(21(23,24)25)6-9-17(16)27-19(28)15-3-1-2-14(18(15)20(29)30)11-4-7-13(26)8-5-11/h1-10H,26H2,(H,27,28)(H,29,30). The molecule has 3 aromatic carbocycles. The Labute approximate surface area is 167 Å². The Morgan fingerprint density at radius 1 is 0.967 bits per heavy atom. The van der Waals surface area contributed by atoms with Crippen LogP contribution in [0.3, 0.4) is 0 Å². The molecule has 4 N–H and O–H groups in total. The van der Waals surface area contributed by atoms with E-state index in [-0.39, 0.29) is 22.8 Å². The van der Waals surface area contributed by atoms with Crippen molar-refractivity contribution in [1.82, 2.24) is 0 Å². The van der Waals surface area contributed by atoms with Crippen LogP contribution in [-0.2, 0) is 6.18 Å². The summed E-state index contributed by atoms with van der Waals surface area (Å²) in [6.07, 6.45) is -4.74. The SMILES string of the molecule is Nc1ccc(-c2cccc(C(=O)Nc3ccc(C(F)(F)F)cc3F)c2C(=O)O)cc1. The van der Waals surface area contributed by atoms with Crippen LogP contribution in [0.1, 0.15) is 26.3 Å². The maximum Gasteiger partial charge on any atom is 0.416 e. The molecule has 0 radical (unpaired) electrons. The van der Waals surface area contributed by atoms with E-state index in [0.717, 1.165) is 6.07 Å². The minimum Gasteiger partial charge on any atom is -0.478 e. The van der Waals surface area contributed by atoms with Gasteiger partial charge < -0.3 is 16.2 Å². The zero-order chi connectivity index (χ0) is 22.1. The molecule has 0 heterocycles. The summed E-state index contributed by atoms with van der Waals surface area (Å²) < 4.78 is 52.1. The first-order chi connectivity index (χ1) is 14.1. The van der Waals surface area contributed by atoms with Crippen molar-refractivity contribution in [1.29, 1.82) is 0 Å². The van der Waals surface area contributed by atoms with Gasteiger partial charge in [-0.1, -0.05) is 24.3 Å². The summed E-state index contributed by atoms with van der Waals surface area (Å²) in [4.78, 5) is 24.5. The lowest BCUT2D eigenvalue weighted by atomic mass is 9.94. The fourth-order valence-electron chi connectivity index (χ4n) is 2.86. The average Bonchev–Trinajstić information content (AvgIpc) is 2.68. The minimum atomic E-state index is -4.74. The number of hydrogen-bond acceptors (Lipinski definition) is 3. The lowest BCUT2D eigenvalue weighted by molar-refractivity contribution is -0.137. The second kappa shape index (κ2) is 7.86. The van der Waals surface area contributed by atoms with E-state index >= 15 is 0 Å². The Morgan fingerprint density at radius 3 is 2.20 bits per heavy atom. The molecule has 0 aliphatic carbocycles. The van der Waals surface area contributed by atoms with Crippen LogP contribution in [-0.4, -0.2) is 17.0 Å². The Bertz CT molecular complexity index is 1130. The van der Waals surface area contributed by atoms with Gasteiger partial charge in [0.25, 0.3) is 5.91 Å². The largest absolute Gasteiger partial charge is 0.478 e. The third kappa shape index (κ3) is 4.24. The number of rotatable bonds is 4. The highest BCUT2D eigenvalue weighted by molar-refractivity contribution is 6.13. The van der Waals surface area contributed by atoms with E-state index in [1.807, 2.05) is 0 Å². The van der Waals surface area contributed by atoms with Crippen molar-refractivity contribution in [3.8, 4) is 11.1 Å². The molecule has 0 fully saturated rings. The van der Waals surface area contributed by atoms with Crippen molar-refractivity contribution >= 4 is 23.3 Å². The van der Waals surface area contributed by atoms with Crippen molar-refractivity contribution in [2.45, 2.75) is 6.18 Å². The van der Waals surface area contributed by atoms with Crippen LogP contribution in [0.4, 0.5) is 28.9 Å². The topological polar surface area (TPSA) is 92.4 Å². The van der Waals surface area contributed by atoms with E-state index < -0.39 is 35.1 Å². The van der Waals surface area contributed by atoms with Crippen LogP contribution in [0.2, 0.25) is 0 Å². The van der Waals surface area contributed by atoms with Gasteiger partial charge in [0.2, 0.25) is 0 Å². The van der Waals surface area contributed by atoms with E-state index in [0.29, 0.717) is 17.3 Å².